The second-order valence-electron chi connectivity index (χ2n) is 6.82. The molecule has 3 rings (SSSR count). The Balaban J connectivity index is 1.73. The Kier molecular flexibility index (Phi) is 5.20. The van der Waals surface area contributed by atoms with E-state index >= 15 is 0 Å². The van der Waals surface area contributed by atoms with E-state index in [1.54, 1.807) is 0 Å². The zero-order valence-electron chi connectivity index (χ0n) is 14.7. The number of urea groups is 1. The Morgan fingerprint density at radius 2 is 1.74 bits per heavy atom. The number of amides is 5. The lowest BCUT2D eigenvalue weighted by Gasteiger charge is -2.34. The van der Waals surface area contributed by atoms with Crippen molar-refractivity contribution in [3.05, 3.63) is 29.8 Å². The van der Waals surface area contributed by atoms with Crippen LogP contribution in [0.4, 0.5) is 19.3 Å². The van der Waals surface area contributed by atoms with Crippen LogP contribution >= 0.6 is 0 Å². The molecule has 1 saturated carbocycles. The predicted octanol–water partition coefficient (Wildman–Crippen LogP) is 2.27. The summed E-state index contributed by atoms with van der Waals surface area (Å²) in [4.78, 5) is 50.6. The smallest absolute Gasteiger partial charge is 0.320 e. The fourth-order valence-corrected chi connectivity index (χ4v) is 3.57. The molecule has 2 aliphatic rings. The molecule has 2 atom stereocenters. The molecule has 2 fully saturated rings. The van der Waals surface area contributed by atoms with E-state index in [0.29, 0.717) is 11.3 Å². The molecule has 1 aliphatic carbocycles. The van der Waals surface area contributed by atoms with Crippen LogP contribution in [0.25, 0.3) is 0 Å². The maximum absolute atomic E-state index is 13.6. The molecule has 0 aromatic heterocycles. The number of carbonyl (C=O) groups excluding carboxylic acids is 4. The van der Waals surface area contributed by atoms with Crippen molar-refractivity contribution in [2.75, 3.05) is 11.9 Å². The molecule has 0 bridgehead atoms. The predicted molar refractivity (Wildman–Crippen MR) is 90.4 cm³/mol. The minimum absolute atomic E-state index is 0.0562. The highest BCUT2D eigenvalue weighted by atomic mass is 19.1. The molecule has 0 spiro atoms. The molecule has 1 aromatic rings. The number of hydrogen-bond acceptors (Lipinski definition) is 4. The van der Waals surface area contributed by atoms with Crippen molar-refractivity contribution in [3.63, 3.8) is 0 Å². The maximum Gasteiger partial charge on any atom is 0.334 e. The third kappa shape index (κ3) is 3.54. The van der Waals surface area contributed by atoms with Gasteiger partial charge in [-0.1, -0.05) is 25.8 Å². The average Bonchev–Trinajstić information content (AvgIpc) is 2.83. The molecule has 5 amide bonds. The van der Waals surface area contributed by atoms with Crippen LogP contribution in [0.1, 0.15) is 32.6 Å². The standard InChI is InChI=1S/C18H19F2N3O4/c1-10-5-2-3-8-13(10)23-17(26)16(25)22(18(23)27)9-14(24)21-15-11(19)6-4-7-12(15)20/h4,6-7,10,13H,2-3,5,8-9H2,1H3,(H,21,24)/t10-,13-/m1/s1. The number of imide groups is 2. The first kappa shape index (κ1) is 18.9. The number of halogens is 2. The molecule has 0 unspecified atom stereocenters. The van der Waals surface area contributed by atoms with Gasteiger partial charge < -0.3 is 5.32 Å². The summed E-state index contributed by atoms with van der Waals surface area (Å²) in [5.41, 5.74) is -0.675. The van der Waals surface area contributed by atoms with Crippen molar-refractivity contribution in [3.8, 4) is 0 Å². The van der Waals surface area contributed by atoms with E-state index in [4.69, 9.17) is 0 Å². The van der Waals surface area contributed by atoms with Gasteiger partial charge in [-0.3, -0.25) is 19.3 Å². The van der Waals surface area contributed by atoms with Gasteiger partial charge >= 0.3 is 17.8 Å². The van der Waals surface area contributed by atoms with Gasteiger partial charge in [0, 0.05) is 6.04 Å². The van der Waals surface area contributed by atoms with Gasteiger partial charge in [0.1, 0.15) is 23.9 Å². The number of nitrogens with one attached hydrogen (secondary N) is 1. The molecule has 9 heteroatoms. The van der Waals surface area contributed by atoms with Crippen LogP contribution in [0.2, 0.25) is 0 Å². The van der Waals surface area contributed by atoms with Crippen LogP contribution in [-0.4, -0.2) is 46.1 Å². The maximum atomic E-state index is 13.6. The molecule has 7 nitrogen and oxygen atoms in total. The molecule has 1 aromatic carbocycles. The minimum atomic E-state index is -1.11. The Morgan fingerprint density at radius 3 is 2.37 bits per heavy atom. The first-order valence-corrected chi connectivity index (χ1v) is 8.74. The molecule has 0 radical (unpaired) electrons. The minimum Gasteiger partial charge on any atom is -0.320 e. The first-order valence-electron chi connectivity index (χ1n) is 8.74. The Labute approximate surface area is 154 Å². The van der Waals surface area contributed by atoms with Crippen molar-refractivity contribution in [1.82, 2.24) is 9.80 Å². The van der Waals surface area contributed by atoms with E-state index in [9.17, 15) is 28.0 Å². The fourth-order valence-electron chi connectivity index (χ4n) is 3.57. The largest absolute Gasteiger partial charge is 0.334 e. The van der Waals surface area contributed by atoms with Crippen molar-refractivity contribution < 1.29 is 28.0 Å². The molecule has 27 heavy (non-hydrogen) atoms. The molecule has 1 N–H and O–H groups in total. The van der Waals surface area contributed by atoms with Crippen LogP contribution in [0.5, 0.6) is 0 Å². The second-order valence-corrected chi connectivity index (χ2v) is 6.82. The van der Waals surface area contributed by atoms with Crippen molar-refractivity contribution >= 4 is 29.4 Å². The van der Waals surface area contributed by atoms with Crippen LogP contribution < -0.4 is 5.32 Å². The number of hydrogen-bond donors (Lipinski definition) is 1. The Bertz CT molecular complexity index is 794. The monoisotopic (exact) mass is 379 g/mol. The van der Waals surface area contributed by atoms with Crippen LogP contribution in [0.15, 0.2) is 18.2 Å². The number of benzene rings is 1. The van der Waals surface area contributed by atoms with Crippen LogP contribution in [0.3, 0.4) is 0 Å². The van der Waals surface area contributed by atoms with E-state index in [2.05, 4.69) is 0 Å². The summed E-state index contributed by atoms with van der Waals surface area (Å²) < 4.78 is 27.2. The lowest BCUT2D eigenvalue weighted by molar-refractivity contribution is -0.145. The van der Waals surface area contributed by atoms with Gasteiger partial charge in [-0.05, 0) is 30.9 Å². The van der Waals surface area contributed by atoms with E-state index in [1.807, 2.05) is 12.2 Å². The average molecular weight is 379 g/mol. The van der Waals surface area contributed by atoms with Gasteiger partial charge in [0.25, 0.3) is 0 Å². The quantitative estimate of drug-likeness (QED) is 0.642. The van der Waals surface area contributed by atoms with Crippen LogP contribution in [-0.2, 0) is 14.4 Å². The summed E-state index contributed by atoms with van der Waals surface area (Å²) in [5, 5.41) is 2.00. The topological polar surface area (TPSA) is 86.8 Å². The lowest BCUT2D eigenvalue weighted by atomic mass is 9.85. The summed E-state index contributed by atoms with van der Waals surface area (Å²) >= 11 is 0. The molecule has 1 saturated heterocycles. The number of carbonyl (C=O) groups is 4. The third-order valence-corrected chi connectivity index (χ3v) is 5.01. The van der Waals surface area contributed by atoms with Gasteiger partial charge in [-0.15, -0.1) is 0 Å². The van der Waals surface area contributed by atoms with Gasteiger partial charge in [0.2, 0.25) is 5.91 Å². The van der Waals surface area contributed by atoms with E-state index in [-0.39, 0.29) is 12.0 Å². The van der Waals surface area contributed by atoms with Gasteiger partial charge in [0.05, 0.1) is 0 Å². The van der Waals surface area contributed by atoms with E-state index < -0.39 is 47.6 Å². The molecule has 1 heterocycles. The normalized spacial score (nSPS) is 23.1. The van der Waals surface area contributed by atoms with Crippen molar-refractivity contribution in [1.29, 1.82) is 0 Å². The summed E-state index contributed by atoms with van der Waals surface area (Å²) in [5.74, 6) is -4.98. The summed E-state index contributed by atoms with van der Waals surface area (Å²) in [6.45, 7) is 1.11. The summed E-state index contributed by atoms with van der Waals surface area (Å²) in [7, 11) is 0. The summed E-state index contributed by atoms with van der Waals surface area (Å²) in [6.07, 6.45) is 3.27. The molecule has 144 valence electrons. The van der Waals surface area contributed by atoms with E-state index in [1.165, 1.54) is 0 Å². The van der Waals surface area contributed by atoms with Gasteiger partial charge in [0.15, 0.2) is 0 Å². The highest BCUT2D eigenvalue weighted by molar-refractivity contribution is 6.45. The number of nitrogens with zero attached hydrogens (tertiary/aromatic N) is 2. The van der Waals surface area contributed by atoms with E-state index in [0.717, 1.165) is 42.4 Å². The van der Waals surface area contributed by atoms with Crippen molar-refractivity contribution in [2.24, 2.45) is 5.92 Å². The second kappa shape index (κ2) is 7.42. The number of para-hydroxylation sites is 1. The van der Waals surface area contributed by atoms with Gasteiger partial charge in [-0.2, -0.15) is 0 Å². The highest BCUT2D eigenvalue weighted by Gasteiger charge is 2.49. The fraction of sp³-hybridized carbons (Fsp3) is 0.444. The van der Waals surface area contributed by atoms with Crippen molar-refractivity contribution in [2.45, 2.75) is 38.6 Å². The zero-order valence-corrected chi connectivity index (χ0v) is 14.7. The number of anilines is 1. The zero-order chi connectivity index (χ0) is 19.7. The van der Waals surface area contributed by atoms with Gasteiger partial charge in [-0.25, -0.2) is 18.5 Å². The SMILES string of the molecule is C[C@@H]1CCCC[C@H]1N1C(=O)C(=O)N(CC(=O)Nc2c(F)cccc2F)C1=O. The Morgan fingerprint density at radius 1 is 1.11 bits per heavy atom. The lowest BCUT2D eigenvalue weighted by Crippen LogP contribution is -2.46. The molecular formula is C18H19F2N3O4. The summed E-state index contributed by atoms with van der Waals surface area (Å²) in [6, 6.07) is 1.80. The molecular weight excluding hydrogens is 360 g/mol. The highest BCUT2D eigenvalue weighted by Crippen LogP contribution is 2.31. The third-order valence-electron chi connectivity index (χ3n) is 5.01. The molecule has 1 aliphatic heterocycles. The first-order chi connectivity index (χ1) is 12.8. The Hall–Kier alpha value is -2.84. The van der Waals surface area contributed by atoms with Crippen LogP contribution in [0, 0.1) is 17.6 Å². The number of rotatable bonds is 4.